The van der Waals surface area contributed by atoms with Gasteiger partial charge in [0.25, 0.3) is 11.8 Å². The topological polar surface area (TPSA) is 93.8 Å². The summed E-state index contributed by atoms with van der Waals surface area (Å²) in [6.45, 7) is 4.00. The number of rotatable bonds is 6. The average molecular weight is 379 g/mol. The Balaban J connectivity index is 1.88. The Hall–Kier alpha value is -3.32. The molecule has 1 saturated heterocycles. The van der Waals surface area contributed by atoms with E-state index >= 15 is 0 Å². The zero-order valence-electron chi connectivity index (χ0n) is 14.3. The van der Waals surface area contributed by atoms with Crippen molar-refractivity contribution in [2.24, 2.45) is 10.7 Å². The molecule has 1 aliphatic rings. The maximum atomic E-state index is 12.3. The first-order valence-corrected chi connectivity index (χ1v) is 8.91. The smallest absolute Gasteiger partial charge is 0.264 e. The third kappa shape index (κ3) is 4.45. The van der Waals surface area contributed by atoms with Gasteiger partial charge in [-0.1, -0.05) is 43.0 Å². The molecule has 0 aliphatic carbocycles. The maximum Gasteiger partial charge on any atom is 0.264 e. The number of carbonyl (C=O) groups excluding carboxylic acids is 2. The quantitative estimate of drug-likeness (QED) is 0.595. The molecule has 0 aromatic heterocycles. The van der Waals surface area contributed by atoms with Crippen molar-refractivity contribution in [1.82, 2.24) is 5.32 Å². The van der Waals surface area contributed by atoms with E-state index in [2.05, 4.69) is 16.9 Å². The minimum absolute atomic E-state index is 0.270. The van der Waals surface area contributed by atoms with Gasteiger partial charge < -0.3 is 15.8 Å². The Morgan fingerprint density at radius 3 is 2.74 bits per heavy atom. The van der Waals surface area contributed by atoms with Crippen molar-refractivity contribution >= 4 is 40.5 Å². The molecule has 0 saturated carbocycles. The molecule has 6 nitrogen and oxygen atoms in total. The summed E-state index contributed by atoms with van der Waals surface area (Å²) in [7, 11) is 0. The second-order valence-electron chi connectivity index (χ2n) is 5.50. The summed E-state index contributed by atoms with van der Waals surface area (Å²) in [6, 6.07) is 14.1. The van der Waals surface area contributed by atoms with Gasteiger partial charge in [-0.3, -0.25) is 9.59 Å². The largest absolute Gasteiger partial charge is 0.489 e. The Labute approximate surface area is 160 Å². The lowest BCUT2D eigenvalue weighted by atomic mass is 10.2. The Kier molecular flexibility index (Phi) is 5.73. The molecule has 0 radical (unpaired) electrons. The average Bonchev–Trinajstić information content (AvgIpc) is 3.00. The number of nitrogens with zero attached hydrogens (tertiary/aromatic N) is 1. The molecule has 1 fully saturated rings. The first-order chi connectivity index (χ1) is 13.1. The lowest BCUT2D eigenvalue weighted by molar-refractivity contribution is -0.115. The van der Waals surface area contributed by atoms with Crippen LogP contribution in [0.5, 0.6) is 5.75 Å². The van der Waals surface area contributed by atoms with Crippen LogP contribution in [-0.2, 0) is 4.79 Å². The molecular weight excluding hydrogens is 362 g/mol. The van der Waals surface area contributed by atoms with E-state index in [-0.39, 0.29) is 5.91 Å². The number of amides is 2. The van der Waals surface area contributed by atoms with Gasteiger partial charge in [-0.25, -0.2) is 4.99 Å². The van der Waals surface area contributed by atoms with E-state index in [1.54, 1.807) is 36.4 Å². The van der Waals surface area contributed by atoms with Crippen LogP contribution < -0.4 is 15.8 Å². The zero-order chi connectivity index (χ0) is 19.2. The first-order valence-electron chi connectivity index (χ1n) is 8.09. The molecule has 27 heavy (non-hydrogen) atoms. The second-order valence-corrected chi connectivity index (χ2v) is 6.53. The van der Waals surface area contributed by atoms with Crippen LogP contribution in [0.1, 0.15) is 15.9 Å². The SMILES string of the molecule is C=CCOc1ccccc1/C=C1\SC(=Nc2ccccc2C(N)=O)NC1=O. The van der Waals surface area contributed by atoms with Crippen molar-refractivity contribution in [2.75, 3.05) is 6.61 Å². The van der Waals surface area contributed by atoms with Crippen LogP contribution in [0.25, 0.3) is 6.08 Å². The van der Waals surface area contributed by atoms with Gasteiger partial charge in [0.15, 0.2) is 5.17 Å². The molecule has 3 N–H and O–H groups in total. The van der Waals surface area contributed by atoms with Crippen molar-refractivity contribution in [2.45, 2.75) is 0 Å². The molecule has 2 amide bonds. The third-order valence-corrected chi connectivity index (χ3v) is 4.51. The Morgan fingerprint density at radius 2 is 1.96 bits per heavy atom. The van der Waals surface area contributed by atoms with E-state index < -0.39 is 5.91 Å². The van der Waals surface area contributed by atoms with Crippen LogP contribution in [0.2, 0.25) is 0 Å². The summed E-state index contributed by atoms with van der Waals surface area (Å²) in [5.41, 5.74) is 6.84. The molecule has 1 heterocycles. The van der Waals surface area contributed by atoms with Gasteiger partial charge in [0, 0.05) is 5.56 Å². The summed E-state index contributed by atoms with van der Waals surface area (Å²) in [6.07, 6.45) is 3.39. The van der Waals surface area contributed by atoms with E-state index in [4.69, 9.17) is 10.5 Å². The van der Waals surface area contributed by atoms with E-state index in [1.807, 2.05) is 24.3 Å². The number of carbonyl (C=O) groups is 2. The molecule has 2 aromatic carbocycles. The number of hydrogen-bond donors (Lipinski definition) is 2. The van der Waals surface area contributed by atoms with Crippen molar-refractivity contribution in [1.29, 1.82) is 0 Å². The second kappa shape index (κ2) is 8.37. The van der Waals surface area contributed by atoms with E-state index in [0.29, 0.717) is 33.7 Å². The number of para-hydroxylation sites is 2. The molecule has 7 heteroatoms. The Morgan fingerprint density at radius 1 is 1.22 bits per heavy atom. The van der Waals surface area contributed by atoms with Gasteiger partial charge >= 0.3 is 0 Å². The number of nitrogens with one attached hydrogen (secondary N) is 1. The van der Waals surface area contributed by atoms with Gasteiger partial charge in [0.2, 0.25) is 0 Å². The number of nitrogens with two attached hydrogens (primary N) is 1. The fourth-order valence-electron chi connectivity index (χ4n) is 2.39. The number of amidine groups is 1. The molecule has 1 aliphatic heterocycles. The van der Waals surface area contributed by atoms with Gasteiger partial charge in [-0.05, 0) is 36.0 Å². The highest BCUT2D eigenvalue weighted by Gasteiger charge is 2.24. The highest BCUT2D eigenvalue weighted by Crippen LogP contribution is 2.31. The van der Waals surface area contributed by atoms with Gasteiger partial charge in [-0.2, -0.15) is 0 Å². The van der Waals surface area contributed by atoms with Gasteiger partial charge in [0.05, 0.1) is 16.2 Å². The van der Waals surface area contributed by atoms with Crippen molar-refractivity contribution < 1.29 is 14.3 Å². The van der Waals surface area contributed by atoms with Crippen LogP contribution in [0, 0.1) is 0 Å². The van der Waals surface area contributed by atoms with Crippen LogP contribution >= 0.6 is 11.8 Å². The fourth-order valence-corrected chi connectivity index (χ4v) is 3.22. The van der Waals surface area contributed by atoms with Crippen LogP contribution in [0.4, 0.5) is 5.69 Å². The lowest BCUT2D eigenvalue weighted by Gasteiger charge is -2.06. The molecule has 3 rings (SSSR count). The number of primary amides is 1. The predicted octanol–water partition coefficient (Wildman–Crippen LogP) is 3.24. The van der Waals surface area contributed by atoms with Gasteiger partial charge in [0.1, 0.15) is 12.4 Å². The summed E-state index contributed by atoms with van der Waals surface area (Å²) in [5, 5.41) is 3.08. The normalized spacial score (nSPS) is 16.4. The molecule has 0 bridgehead atoms. The molecule has 0 atom stereocenters. The van der Waals surface area contributed by atoms with E-state index in [9.17, 15) is 9.59 Å². The third-order valence-electron chi connectivity index (χ3n) is 3.60. The van der Waals surface area contributed by atoms with E-state index in [0.717, 1.165) is 5.56 Å². The summed E-state index contributed by atoms with van der Waals surface area (Å²) < 4.78 is 5.61. The van der Waals surface area contributed by atoms with Crippen LogP contribution in [0.15, 0.2) is 71.1 Å². The summed E-state index contributed by atoms with van der Waals surface area (Å²) in [4.78, 5) is 28.6. The minimum Gasteiger partial charge on any atom is -0.489 e. The number of aliphatic imine (C=N–C) groups is 1. The summed E-state index contributed by atoms with van der Waals surface area (Å²) in [5.74, 6) is -0.190. The molecule has 0 spiro atoms. The predicted molar refractivity (Wildman–Crippen MR) is 108 cm³/mol. The number of hydrogen-bond acceptors (Lipinski definition) is 5. The van der Waals surface area contributed by atoms with Crippen molar-refractivity contribution in [3.8, 4) is 5.75 Å². The standard InChI is InChI=1S/C20H17N3O3S/c1-2-11-26-16-10-6-3-7-13(16)12-17-19(25)23-20(27-17)22-15-9-5-4-8-14(15)18(21)24/h2-10,12H,1,11H2,(H2,21,24)(H,22,23,25)/b17-12-. The van der Waals surface area contributed by atoms with Crippen LogP contribution in [0.3, 0.4) is 0 Å². The monoisotopic (exact) mass is 379 g/mol. The van der Waals surface area contributed by atoms with Crippen LogP contribution in [-0.4, -0.2) is 23.6 Å². The Bertz CT molecular complexity index is 966. The molecule has 0 unspecified atom stereocenters. The zero-order valence-corrected chi connectivity index (χ0v) is 15.2. The first kappa shape index (κ1) is 18.5. The fraction of sp³-hybridized carbons (Fsp3) is 0.0500. The van der Waals surface area contributed by atoms with Crippen molar-refractivity contribution in [3.05, 3.63) is 77.2 Å². The van der Waals surface area contributed by atoms with E-state index in [1.165, 1.54) is 11.8 Å². The minimum atomic E-state index is -0.576. The molecule has 2 aromatic rings. The number of benzene rings is 2. The summed E-state index contributed by atoms with van der Waals surface area (Å²) >= 11 is 1.18. The van der Waals surface area contributed by atoms with Gasteiger partial charge in [-0.15, -0.1) is 0 Å². The highest BCUT2D eigenvalue weighted by atomic mass is 32.2. The molecule has 136 valence electrons. The van der Waals surface area contributed by atoms with Crippen molar-refractivity contribution in [3.63, 3.8) is 0 Å². The maximum absolute atomic E-state index is 12.3. The highest BCUT2D eigenvalue weighted by molar-refractivity contribution is 8.18. The number of ether oxygens (including phenoxy) is 1. The number of thioether (sulfide) groups is 1. The lowest BCUT2D eigenvalue weighted by Crippen LogP contribution is -2.19. The molecular formula is C20H17N3O3S.